The van der Waals surface area contributed by atoms with Crippen molar-refractivity contribution < 1.29 is 23.6 Å². The average Bonchev–Trinajstić information content (AvgIpc) is 2.66. The topological polar surface area (TPSA) is 66.0 Å². The van der Waals surface area contributed by atoms with Gasteiger partial charge in [0, 0.05) is 0 Å². The lowest BCUT2D eigenvalue weighted by molar-refractivity contribution is 0.00578. The fourth-order valence-electron chi connectivity index (χ4n) is 2.19. The zero-order valence-corrected chi connectivity index (χ0v) is 16.1. The first-order valence-corrected chi connectivity index (χ1v) is 8.45. The fraction of sp³-hybridized carbons (Fsp3) is 0.611. The number of nitrogens with one attached hydrogen (secondary N) is 1. The van der Waals surface area contributed by atoms with Crippen molar-refractivity contribution in [2.45, 2.75) is 65.3 Å². The Bertz CT molecular complexity index is 591. The standard InChI is InChI=1S/C18H28BNO5/c1-16(2,3)23-15(21)20-12-22-14-10-8-13(9-11-14)19-24-17(4,5)18(6,7)25-19/h8-11H,12H2,1-7H3,(H,20,21). The quantitative estimate of drug-likeness (QED) is 0.669. The van der Waals surface area contributed by atoms with E-state index >= 15 is 0 Å². The fourth-order valence-corrected chi connectivity index (χ4v) is 2.19. The van der Waals surface area contributed by atoms with Gasteiger partial charge in [-0.05, 0) is 66.1 Å². The van der Waals surface area contributed by atoms with Gasteiger partial charge in [-0.25, -0.2) is 4.79 Å². The molecule has 0 saturated carbocycles. The second kappa shape index (κ2) is 6.88. The molecule has 0 aromatic heterocycles. The molecule has 6 nitrogen and oxygen atoms in total. The van der Waals surface area contributed by atoms with Crippen molar-refractivity contribution in [3.05, 3.63) is 24.3 Å². The third-order valence-electron chi connectivity index (χ3n) is 4.26. The van der Waals surface area contributed by atoms with Crippen LogP contribution in [0.2, 0.25) is 0 Å². The zero-order valence-electron chi connectivity index (χ0n) is 16.1. The Morgan fingerprint density at radius 1 is 1.08 bits per heavy atom. The molecule has 138 valence electrons. The molecule has 0 radical (unpaired) electrons. The molecular weight excluding hydrogens is 321 g/mol. The van der Waals surface area contributed by atoms with Gasteiger partial charge >= 0.3 is 13.2 Å². The predicted octanol–water partition coefficient (Wildman–Crippen LogP) is 2.85. The molecule has 25 heavy (non-hydrogen) atoms. The number of alkyl carbamates (subject to hydrolysis) is 1. The Balaban J connectivity index is 1.86. The lowest BCUT2D eigenvalue weighted by Gasteiger charge is -2.32. The summed E-state index contributed by atoms with van der Waals surface area (Å²) in [5.74, 6) is 0.635. The molecule has 1 aromatic carbocycles. The lowest BCUT2D eigenvalue weighted by atomic mass is 9.79. The third-order valence-corrected chi connectivity index (χ3v) is 4.26. The van der Waals surface area contributed by atoms with E-state index in [0.29, 0.717) is 5.75 Å². The molecular formula is C18H28BNO5. The monoisotopic (exact) mass is 349 g/mol. The van der Waals surface area contributed by atoms with Crippen molar-refractivity contribution in [3.8, 4) is 5.75 Å². The summed E-state index contributed by atoms with van der Waals surface area (Å²) in [5.41, 5.74) is -0.353. The average molecular weight is 349 g/mol. The molecule has 7 heteroatoms. The van der Waals surface area contributed by atoms with Crippen LogP contribution in [0.4, 0.5) is 4.79 Å². The first-order chi connectivity index (χ1) is 11.4. The van der Waals surface area contributed by atoms with Crippen LogP contribution in [0.15, 0.2) is 24.3 Å². The van der Waals surface area contributed by atoms with Crippen molar-refractivity contribution in [1.29, 1.82) is 0 Å². The smallest absolute Gasteiger partial charge is 0.473 e. The van der Waals surface area contributed by atoms with E-state index in [1.165, 1.54) is 0 Å². The molecule has 1 saturated heterocycles. The molecule has 1 aliphatic heterocycles. The Morgan fingerprint density at radius 3 is 2.08 bits per heavy atom. The number of amides is 1. The van der Waals surface area contributed by atoms with Gasteiger partial charge in [0.05, 0.1) is 11.2 Å². The van der Waals surface area contributed by atoms with Crippen LogP contribution in [0.25, 0.3) is 0 Å². The highest BCUT2D eigenvalue weighted by Gasteiger charge is 2.51. The van der Waals surface area contributed by atoms with Crippen LogP contribution in [0.1, 0.15) is 48.5 Å². The molecule has 0 bridgehead atoms. The molecule has 1 amide bonds. The van der Waals surface area contributed by atoms with Crippen molar-refractivity contribution in [2.75, 3.05) is 6.73 Å². The number of rotatable bonds is 4. The van der Waals surface area contributed by atoms with Crippen molar-refractivity contribution in [1.82, 2.24) is 5.32 Å². The van der Waals surface area contributed by atoms with E-state index in [9.17, 15) is 4.79 Å². The summed E-state index contributed by atoms with van der Waals surface area (Å²) in [7, 11) is -0.404. The molecule has 0 aliphatic carbocycles. The highest BCUT2D eigenvalue weighted by Crippen LogP contribution is 2.36. The van der Waals surface area contributed by atoms with E-state index in [1.54, 1.807) is 0 Å². The summed E-state index contributed by atoms with van der Waals surface area (Å²) in [4.78, 5) is 11.6. The van der Waals surface area contributed by atoms with Gasteiger partial charge in [0.1, 0.15) is 11.4 Å². The predicted molar refractivity (Wildman–Crippen MR) is 97.0 cm³/mol. The molecule has 1 aliphatic rings. The number of hydrogen-bond acceptors (Lipinski definition) is 5. The van der Waals surface area contributed by atoms with Crippen LogP contribution < -0.4 is 15.5 Å². The van der Waals surface area contributed by atoms with Crippen LogP contribution in [-0.4, -0.2) is 36.7 Å². The Morgan fingerprint density at radius 2 is 1.60 bits per heavy atom. The SMILES string of the molecule is CC(C)(C)OC(=O)NCOc1ccc(B2OC(C)(C)C(C)(C)O2)cc1. The number of carbonyl (C=O) groups excluding carboxylic acids is 1. The van der Waals surface area contributed by atoms with E-state index in [0.717, 1.165) is 5.46 Å². The van der Waals surface area contributed by atoms with Crippen LogP contribution >= 0.6 is 0 Å². The zero-order chi connectivity index (χ0) is 18.9. The summed E-state index contributed by atoms with van der Waals surface area (Å²) in [6.45, 7) is 13.5. The van der Waals surface area contributed by atoms with Gasteiger partial charge in [0.2, 0.25) is 0 Å². The number of carbonyl (C=O) groups is 1. The Hall–Kier alpha value is -1.73. The number of ether oxygens (including phenoxy) is 2. The molecule has 1 N–H and O–H groups in total. The van der Waals surface area contributed by atoms with Gasteiger partial charge in [-0.2, -0.15) is 0 Å². The summed E-state index contributed by atoms with van der Waals surface area (Å²) in [6.07, 6.45) is -0.513. The van der Waals surface area contributed by atoms with Crippen LogP contribution in [0.3, 0.4) is 0 Å². The number of hydrogen-bond donors (Lipinski definition) is 1. The maximum atomic E-state index is 11.6. The van der Waals surface area contributed by atoms with Gasteiger partial charge in [-0.1, -0.05) is 12.1 Å². The normalized spacial score (nSPS) is 18.8. The Kier molecular flexibility index (Phi) is 5.39. The summed E-state index contributed by atoms with van der Waals surface area (Å²) >= 11 is 0. The number of benzene rings is 1. The first-order valence-electron chi connectivity index (χ1n) is 8.45. The maximum Gasteiger partial charge on any atom is 0.494 e. The van der Waals surface area contributed by atoms with E-state index in [-0.39, 0.29) is 17.9 Å². The highest BCUT2D eigenvalue weighted by atomic mass is 16.7. The van der Waals surface area contributed by atoms with E-state index in [2.05, 4.69) is 5.32 Å². The minimum Gasteiger partial charge on any atom is -0.473 e. The van der Waals surface area contributed by atoms with Crippen LogP contribution in [-0.2, 0) is 14.0 Å². The van der Waals surface area contributed by atoms with Crippen LogP contribution in [0, 0.1) is 0 Å². The minimum absolute atomic E-state index is 0.0325. The minimum atomic E-state index is -0.533. The molecule has 0 unspecified atom stereocenters. The first kappa shape index (κ1) is 19.6. The largest absolute Gasteiger partial charge is 0.494 e. The molecule has 2 rings (SSSR count). The Labute approximate surface area is 150 Å². The molecule has 1 fully saturated rings. The second-order valence-electron chi connectivity index (χ2n) is 8.12. The van der Waals surface area contributed by atoms with Gasteiger partial charge in [0.25, 0.3) is 0 Å². The van der Waals surface area contributed by atoms with E-state index < -0.39 is 18.8 Å². The summed E-state index contributed by atoms with van der Waals surface area (Å²) in [6, 6.07) is 7.42. The van der Waals surface area contributed by atoms with Gasteiger partial charge in [-0.15, -0.1) is 0 Å². The van der Waals surface area contributed by atoms with E-state index in [4.69, 9.17) is 18.8 Å². The lowest BCUT2D eigenvalue weighted by Crippen LogP contribution is -2.41. The summed E-state index contributed by atoms with van der Waals surface area (Å²) < 4.78 is 22.7. The van der Waals surface area contributed by atoms with Crippen molar-refractivity contribution in [3.63, 3.8) is 0 Å². The van der Waals surface area contributed by atoms with Crippen LogP contribution in [0.5, 0.6) is 5.75 Å². The summed E-state index contributed by atoms with van der Waals surface area (Å²) in [5, 5.41) is 2.55. The molecule has 0 spiro atoms. The maximum absolute atomic E-state index is 11.6. The third kappa shape index (κ3) is 5.12. The molecule has 1 heterocycles. The van der Waals surface area contributed by atoms with E-state index in [1.807, 2.05) is 72.7 Å². The van der Waals surface area contributed by atoms with Crippen molar-refractivity contribution >= 4 is 18.7 Å². The van der Waals surface area contributed by atoms with Gasteiger partial charge < -0.3 is 18.8 Å². The van der Waals surface area contributed by atoms with Gasteiger partial charge in [0.15, 0.2) is 6.73 Å². The second-order valence-corrected chi connectivity index (χ2v) is 8.12. The van der Waals surface area contributed by atoms with Gasteiger partial charge in [-0.3, -0.25) is 5.32 Å². The van der Waals surface area contributed by atoms with Crippen molar-refractivity contribution in [2.24, 2.45) is 0 Å². The molecule has 0 atom stereocenters. The highest BCUT2D eigenvalue weighted by molar-refractivity contribution is 6.62. The molecule has 1 aromatic rings.